The molecule has 142 valence electrons. The summed E-state index contributed by atoms with van der Waals surface area (Å²) in [6, 6.07) is 6.76. The third kappa shape index (κ3) is 4.00. The largest absolute Gasteiger partial charge is 0.493 e. The van der Waals surface area contributed by atoms with Gasteiger partial charge in [-0.2, -0.15) is 4.99 Å². The molecule has 0 spiro atoms. The van der Waals surface area contributed by atoms with Gasteiger partial charge >= 0.3 is 5.97 Å². The van der Waals surface area contributed by atoms with Gasteiger partial charge in [-0.15, -0.1) is 11.3 Å². The van der Waals surface area contributed by atoms with Gasteiger partial charge in [-0.1, -0.05) is 22.9 Å². The van der Waals surface area contributed by atoms with Crippen LogP contribution in [0.25, 0.3) is 10.2 Å². The minimum atomic E-state index is -0.461. The summed E-state index contributed by atoms with van der Waals surface area (Å²) in [6.45, 7) is -0.0940. The lowest BCUT2D eigenvalue weighted by Crippen LogP contribution is -2.22. The van der Waals surface area contributed by atoms with Crippen LogP contribution < -0.4 is 14.3 Å². The number of esters is 1. The van der Waals surface area contributed by atoms with E-state index in [1.807, 2.05) is 0 Å². The van der Waals surface area contributed by atoms with E-state index < -0.39 is 11.9 Å². The Morgan fingerprint density at radius 3 is 2.41 bits per heavy atom. The Morgan fingerprint density at radius 2 is 1.81 bits per heavy atom. The van der Waals surface area contributed by atoms with E-state index in [1.165, 1.54) is 32.7 Å². The van der Waals surface area contributed by atoms with E-state index in [-0.39, 0.29) is 6.54 Å². The Hall–Kier alpha value is -2.36. The van der Waals surface area contributed by atoms with Crippen molar-refractivity contribution in [3.05, 3.63) is 38.3 Å². The predicted octanol–water partition coefficient (Wildman–Crippen LogP) is 3.35. The average Bonchev–Trinajstić information content (AvgIpc) is 3.24. The second-order valence-corrected chi connectivity index (χ2v) is 7.97. The number of carbonyl (C=O) groups excluding carboxylic acids is 2. The van der Waals surface area contributed by atoms with Crippen molar-refractivity contribution in [2.45, 2.75) is 6.54 Å². The van der Waals surface area contributed by atoms with E-state index in [4.69, 9.17) is 25.8 Å². The minimum absolute atomic E-state index is 0.0940. The molecule has 2 aromatic heterocycles. The molecule has 2 heterocycles. The summed E-state index contributed by atoms with van der Waals surface area (Å²) >= 11 is 8.29. The number of thiophene rings is 1. The highest BCUT2D eigenvalue weighted by atomic mass is 35.5. The molecular weight excluding hydrogens is 412 g/mol. The second-order valence-electron chi connectivity index (χ2n) is 5.24. The molecule has 1 amide bonds. The Morgan fingerprint density at radius 1 is 1.11 bits per heavy atom. The van der Waals surface area contributed by atoms with Gasteiger partial charge in [0.15, 0.2) is 16.3 Å². The number of nitrogens with zero attached hydrogens (tertiary/aromatic N) is 2. The Bertz CT molecular complexity index is 1080. The normalized spacial score (nSPS) is 11.6. The summed E-state index contributed by atoms with van der Waals surface area (Å²) in [5.74, 6) is 0.150. The zero-order valence-electron chi connectivity index (χ0n) is 14.6. The van der Waals surface area contributed by atoms with Crippen LogP contribution >= 0.6 is 34.3 Å². The number of hydrogen-bond acceptors (Lipinski definition) is 7. The van der Waals surface area contributed by atoms with Crippen LogP contribution in [-0.2, 0) is 16.1 Å². The minimum Gasteiger partial charge on any atom is -0.493 e. The second kappa shape index (κ2) is 8.12. The number of amides is 1. The van der Waals surface area contributed by atoms with E-state index in [1.54, 1.807) is 28.8 Å². The van der Waals surface area contributed by atoms with Crippen molar-refractivity contribution in [2.75, 3.05) is 21.3 Å². The first-order chi connectivity index (χ1) is 13.0. The van der Waals surface area contributed by atoms with Crippen LogP contribution in [0.15, 0.2) is 29.3 Å². The molecule has 10 heteroatoms. The monoisotopic (exact) mass is 426 g/mol. The lowest BCUT2D eigenvalue weighted by Gasteiger charge is -2.08. The summed E-state index contributed by atoms with van der Waals surface area (Å²) in [5, 5.41) is 0. The van der Waals surface area contributed by atoms with E-state index in [0.717, 1.165) is 16.0 Å². The molecule has 27 heavy (non-hydrogen) atoms. The van der Waals surface area contributed by atoms with Crippen LogP contribution in [0, 0.1) is 0 Å². The molecule has 0 aliphatic carbocycles. The fourth-order valence-corrected chi connectivity index (χ4v) is 4.37. The number of ether oxygens (including phenoxy) is 3. The Kier molecular flexibility index (Phi) is 5.83. The summed E-state index contributed by atoms with van der Waals surface area (Å²) in [5.41, 5.74) is 0.679. The molecule has 0 aliphatic rings. The highest BCUT2D eigenvalue weighted by Crippen LogP contribution is 2.33. The van der Waals surface area contributed by atoms with Crippen LogP contribution in [0.3, 0.4) is 0 Å². The summed E-state index contributed by atoms with van der Waals surface area (Å²) in [6.07, 6.45) is 0. The van der Waals surface area contributed by atoms with E-state index in [0.29, 0.717) is 31.0 Å². The average molecular weight is 427 g/mol. The zero-order chi connectivity index (χ0) is 19.6. The van der Waals surface area contributed by atoms with Crippen molar-refractivity contribution in [3.8, 4) is 11.5 Å². The quantitative estimate of drug-likeness (QED) is 0.584. The molecule has 0 radical (unpaired) electrons. The number of thiazole rings is 1. The highest BCUT2D eigenvalue weighted by Gasteiger charge is 2.16. The molecular formula is C17H15ClN2O5S2. The molecule has 0 atom stereocenters. The van der Waals surface area contributed by atoms with Gasteiger partial charge in [-0.25, -0.2) is 0 Å². The zero-order valence-corrected chi connectivity index (χ0v) is 17.0. The van der Waals surface area contributed by atoms with Crippen LogP contribution in [0.4, 0.5) is 0 Å². The number of hydrogen-bond donors (Lipinski definition) is 0. The van der Waals surface area contributed by atoms with E-state index in [9.17, 15) is 9.59 Å². The lowest BCUT2D eigenvalue weighted by molar-refractivity contribution is -0.141. The molecule has 0 saturated heterocycles. The Labute approximate surface area is 167 Å². The highest BCUT2D eigenvalue weighted by molar-refractivity contribution is 7.18. The maximum atomic E-state index is 12.5. The molecule has 0 aliphatic heterocycles. The molecule has 0 unspecified atom stereocenters. The number of rotatable bonds is 5. The summed E-state index contributed by atoms with van der Waals surface area (Å²) in [4.78, 5) is 29.3. The van der Waals surface area contributed by atoms with Crippen molar-refractivity contribution < 1.29 is 23.8 Å². The topological polar surface area (TPSA) is 79.1 Å². The standard InChI is InChI=1S/C17H15ClN2O5S2/c1-23-10-6-9-13(7-11(10)24-2)27-17(20(9)8-15(21)25-3)19-16(22)12-4-5-14(18)26-12/h4-7H,8H2,1-3H3. The smallest absolute Gasteiger partial charge is 0.325 e. The molecule has 0 fully saturated rings. The van der Waals surface area contributed by atoms with Gasteiger partial charge in [0, 0.05) is 12.1 Å². The fourth-order valence-electron chi connectivity index (χ4n) is 2.40. The van der Waals surface area contributed by atoms with Crippen LogP contribution in [-0.4, -0.2) is 37.8 Å². The third-order valence-electron chi connectivity index (χ3n) is 3.68. The lowest BCUT2D eigenvalue weighted by atomic mass is 10.3. The number of fused-ring (bicyclic) bond motifs is 1. The SMILES string of the molecule is COC(=O)Cn1c(=NC(=O)c2ccc(Cl)s2)sc2cc(OC)c(OC)cc21. The number of halogens is 1. The van der Waals surface area contributed by atoms with Crippen LogP contribution in [0.1, 0.15) is 9.67 Å². The maximum Gasteiger partial charge on any atom is 0.325 e. The van der Waals surface area contributed by atoms with Gasteiger partial charge in [0.05, 0.1) is 40.8 Å². The number of aromatic nitrogens is 1. The fraction of sp³-hybridized carbons (Fsp3) is 0.235. The maximum absolute atomic E-state index is 12.5. The summed E-state index contributed by atoms with van der Waals surface area (Å²) in [7, 11) is 4.36. The van der Waals surface area contributed by atoms with Gasteiger partial charge in [-0.3, -0.25) is 9.59 Å². The molecule has 0 saturated carbocycles. The first-order valence-corrected chi connectivity index (χ1v) is 9.64. The third-order valence-corrected chi connectivity index (χ3v) is 5.94. The first-order valence-electron chi connectivity index (χ1n) is 7.63. The van der Waals surface area contributed by atoms with Gasteiger partial charge in [-0.05, 0) is 12.1 Å². The van der Waals surface area contributed by atoms with Crippen molar-refractivity contribution in [2.24, 2.45) is 4.99 Å². The predicted molar refractivity (Wildman–Crippen MR) is 104 cm³/mol. The molecule has 3 aromatic rings. The molecule has 0 N–H and O–H groups in total. The van der Waals surface area contributed by atoms with Gasteiger partial charge in [0.25, 0.3) is 5.91 Å². The number of carbonyl (C=O) groups is 2. The van der Waals surface area contributed by atoms with Gasteiger partial charge < -0.3 is 18.8 Å². The van der Waals surface area contributed by atoms with Gasteiger partial charge in [0.2, 0.25) is 0 Å². The number of methoxy groups -OCH3 is 3. The van der Waals surface area contributed by atoms with Crippen LogP contribution in [0.5, 0.6) is 11.5 Å². The molecule has 1 aromatic carbocycles. The summed E-state index contributed by atoms with van der Waals surface area (Å²) < 4.78 is 18.3. The van der Waals surface area contributed by atoms with E-state index in [2.05, 4.69) is 4.99 Å². The Balaban J connectivity index is 2.20. The first kappa shape index (κ1) is 19.4. The van der Waals surface area contributed by atoms with Crippen LogP contribution in [0.2, 0.25) is 4.34 Å². The van der Waals surface area contributed by atoms with Crippen molar-refractivity contribution in [3.63, 3.8) is 0 Å². The van der Waals surface area contributed by atoms with Crippen molar-refractivity contribution in [1.29, 1.82) is 0 Å². The van der Waals surface area contributed by atoms with Gasteiger partial charge in [0.1, 0.15) is 6.54 Å². The molecule has 3 rings (SSSR count). The van der Waals surface area contributed by atoms with Crippen molar-refractivity contribution >= 4 is 56.4 Å². The molecule has 7 nitrogen and oxygen atoms in total. The molecule has 0 bridgehead atoms. The number of benzene rings is 1. The van der Waals surface area contributed by atoms with E-state index >= 15 is 0 Å². The van der Waals surface area contributed by atoms with Crippen molar-refractivity contribution in [1.82, 2.24) is 4.57 Å².